The first-order valence-electron chi connectivity index (χ1n) is 46.4. The minimum atomic E-state index is 1.11. The van der Waals surface area contributed by atoms with E-state index in [4.69, 9.17) is 0 Å². The van der Waals surface area contributed by atoms with Crippen LogP contribution in [0.15, 0.2) is 570 Å². The van der Waals surface area contributed by atoms with Crippen molar-refractivity contribution in [3.63, 3.8) is 0 Å². The highest BCUT2D eigenvalue weighted by atomic mass is 15.2. The predicted molar refractivity (Wildman–Crippen MR) is 579 cm³/mol. The van der Waals surface area contributed by atoms with Crippen molar-refractivity contribution in [3.05, 3.63) is 581 Å². The van der Waals surface area contributed by atoms with Crippen LogP contribution < -0.4 is 29.4 Å². The first-order chi connectivity index (χ1) is 67.3. The summed E-state index contributed by atoms with van der Waals surface area (Å²) in [4.78, 5) is 13.9. The van der Waals surface area contributed by atoms with E-state index >= 15 is 0 Å². The number of para-hydroxylation sites is 8. The zero-order chi connectivity index (χ0) is 91.6. The average molecular weight is 1750 g/mol. The Balaban J connectivity index is 0.000000127. The van der Waals surface area contributed by atoms with Crippen LogP contribution in [-0.4, -0.2) is 0 Å². The quantitative estimate of drug-likeness (QED) is 0.0631. The normalized spacial score (nSPS) is 10.9. The Morgan fingerprint density at radius 2 is 0.250 bits per heavy atom. The van der Waals surface area contributed by atoms with Crippen molar-refractivity contribution >= 4 is 124 Å². The van der Waals surface area contributed by atoms with Crippen LogP contribution in [0.3, 0.4) is 0 Å². The van der Waals surface area contributed by atoms with E-state index in [1.807, 2.05) is 0 Å². The molecule has 136 heavy (non-hydrogen) atoms. The van der Waals surface area contributed by atoms with Crippen molar-refractivity contribution in [2.45, 2.75) is 13.8 Å². The third kappa shape index (κ3) is 19.3. The fourth-order valence-corrected chi connectivity index (χ4v) is 18.2. The van der Waals surface area contributed by atoms with Gasteiger partial charge in [-0.1, -0.05) is 376 Å². The summed E-state index contributed by atoms with van der Waals surface area (Å²) in [6.45, 7) is 4.33. The Kier molecular flexibility index (Phi) is 26.0. The Morgan fingerprint density at radius 1 is 0.103 bits per heavy atom. The molecule has 0 fully saturated rings. The van der Waals surface area contributed by atoms with Crippen LogP contribution in [0, 0.1) is 13.8 Å². The molecule has 0 saturated carbocycles. The van der Waals surface area contributed by atoms with Crippen molar-refractivity contribution in [1.29, 1.82) is 0 Å². The summed E-state index contributed by atoms with van der Waals surface area (Å²) in [5, 5.41) is 4.90. The van der Waals surface area contributed by atoms with Crippen LogP contribution >= 0.6 is 0 Å². The molecule has 0 bridgehead atoms. The largest absolute Gasteiger partial charge is 0.311 e. The van der Waals surface area contributed by atoms with Gasteiger partial charge < -0.3 is 29.4 Å². The van der Waals surface area contributed by atoms with Crippen molar-refractivity contribution in [2.24, 2.45) is 0 Å². The first-order valence-corrected chi connectivity index (χ1v) is 46.4. The number of benzene rings is 22. The van der Waals surface area contributed by atoms with E-state index in [0.29, 0.717) is 0 Å². The molecular formula is C130H100N6. The molecule has 22 aromatic rings. The summed E-state index contributed by atoms with van der Waals surface area (Å²) in [5.74, 6) is 0. The highest BCUT2D eigenvalue weighted by molar-refractivity contribution is 6.01. The number of hydrogen-bond donors (Lipinski definition) is 0. The lowest BCUT2D eigenvalue weighted by Gasteiger charge is -2.27. The van der Waals surface area contributed by atoms with Gasteiger partial charge in [-0.25, -0.2) is 0 Å². The smallest absolute Gasteiger partial charge is 0.0540 e. The number of fused-ring (bicyclic) bond motifs is 2. The fraction of sp³-hybridized carbons (Fsp3) is 0.0154. The van der Waals surface area contributed by atoms with E-state index in [2.05, 4.69) is 613 Å². The van der Waals surface area contributed by atoms with Crippen molar-refractivity contribution in [2.75, 3.05) is 29.4 Å². The van der Waals surface area contributed by atoms with Crippen molar-refractivity contribution < 1.29 is 0 Å². The monoisotopic (exact) mass is 1740 g/mol. The van der Waals surface area contributed by atoms with Crippen LogP contribution in [0.4, 0.5) is 102 Å². The van der Waals surface area contributed by atoms with Gasteiger partial charge in [0.25, 0.3) is 0 Å². The van der Waals surface area contributed by atoms with Crippen molar-refractivity contribution in [1.82, 2.24) is 0 Å². The van der Waals surface area contributed by atoms with Crippen LogP contribution in [-0.2, 0) is 0 Å². The molecule has 6 nitrogen and oxygen atoms in total. The SMILES string of the molecule is Cc1ccccc1N(c1ccccc1)c1ccc(-c2ccc(N(c3ccccc3)c3ccccc3C)cc2)cc1.c1ccc(-c2ccc(N(c3ccccc3)c3ccc(-c4ccc(N(c5ccccc5)c5ccc(-c6ccccc6)cc5)cc4)cc3)cc2)cc1.c1ccc(N(c2ccc(-c3ccc(N(c4ccccc4)c4cccc5ccccc45)cc3)cc2)c2cccc3ccccc23)cc1. The minimum Gasteiger partial charge on any atom is -0.311 e. The zero-order valence-electron chi connectivity index (χ0n) is 76.0. The molecule has 0 aliphatic rings. The van der Waals surface area contributed by atoms with Crippen LogP contribution in [0.2, 0.25) is 0 Å². The summed E-state index contributed by atoms with van der Waals surface area (Å²) in [6.07, 6.45) is 0. The number of rotatable bonds is 23. The molecule has 0 aliphatic carbocycles. The predicted octanol–water partition coefficient (Wildman–Crippen LogP) is 37.1. The standard InChI is InChI=1S/C48H36N2.C44H32N2.C38H32N2/c1-5-13-37(14-6-1)39-21-29-45(30-22-39)49(43-17-9-3-10-18-43)47-33-25-41(26-34-47)42-27-35-48(36-28-42)50(44-19-11-4-12-20-44)46-31-23-40(24-32-46)38-15-7-2-8-16-38;1-3-17-37(18-4-1)45(43-23-11-15-35-13-7-9-21-41(35)43)39-29-25-33(26-30-39)34-27-31-40(32-28-34)46(38-19-5-2-6-20-38)44-24-12-16-36-14-8-10-22-42(36)44;1-29-13-9-11-19-37(29)39(33-15-5-3-6-16-33)35-25-21-31(22-26-35)32-23-27-36(28-24-32)40(34-17-7-4-8-18-34)38-20-12-10-14-30(38)2/h1-36H;1-32H;3-28H,1-2H3. The Morgan fingerprint density at radius 3 is 0.478 bits per heavy atom. The number of hydrogen-bond acceptors (Lipinski definition) is 6. The van der Waals surface area contributed by atoms with E-state index in [-0.39, 0.29) is 0 Å². The second-order valence-corrected chi connectivity index (χ2v) is 33.7. The third-order valence-corrected chi connectivity index (χ3v) is 25.0. The molecule has 22 rings (SSSR count). The molecule has 0 N–H and O–H groups in total. The number of anilines is 18. The highest BCUT2D eigenvalue weighted by Gasteiger charge is 2.23. The van der Waals surface area contributed by atoms with Gasteiger partial charge in [-0.05, 0) is 286 Å². The minimum absolute atomic E-state index is 1.11. The highest BCUT2D eigenvalue weighted by Crippen LogP contribution is 2.47. The maximum atomic E-state index is 2.34. The molecule has 0 amide bonds. The van der Waals surface area contributed by atoms with Gasteiger partial charge in [-0.15, -0.1) is 0 Å². The lowest BCUT2D eigenvalue weighted by molar-refractivity contribution is 1.25. The molecule has 0 atom stereocenters. The molecule has 0 aromatic heterocycles. The van der Waals surface area contributed by atoms with Crippen molar-refractivity contribution in [3.8, 4) is 55.6 Å². The topological polar surface area (TPSA) is 19.4 Å². The maximum absolute atomic E-state index is 2.34. The summed E-state index contributed by atoms with van der Waals surface area (Å²) in [5.41, 5.74) is 34.8. The van der Waals surface area contributed by atoms with E-state index in [1.165, 1.54) is 99.7 Å². The molecular weight excluding hydrogens is 1650 g/mol. The van der Waals surface area contributed by atoms with Gasteiger partial charge in [0.1, 0.15) is 0 Å². The third-order valence-electron chi connectivity index (χ3n) is 25.0. The van der Waals surface area contributed by atoms with Crippen LogP contribution in [0.5, 0.6) is 0 Å². The first kappa shape index (κ1) is 86.2. The van der Waals surface area contributed by atoms with E-state index in [1.54, 1.807) is 0 Å². The van der Waals surface area contributed by atoms with Crippen LogP contribution in [0.1, 0.15) is 11.1 Å². The molecule has 0 saturated heterocycles. The Labute approximate surface area is 798 Å². The molecule has 0 heterocycles. The van der Waals surface area contributed by atoms with Gasteiger partial charge in [0, 0.05) is 102 Å². The Bertz CT molecular complexity index is 7160. The summed E-state index contributed by atoms with van der Waals surface area (Å²) < 4.78 is 0. The van der Waals surface area contributed by atoms with Gasteiger partial charge in [0.15, 0.2) is 0 Å². The lowest BCUT2D eigenvalue weighted by Crippen LogP contribution is -2.11. The maximum Gasteiger partial charge on any atom is 0.0540 e. The Hall–Kier alpha value is -17.8. The molecule has 0 radical (unpaired) electrons. The average Bonchev–Trinajstić information content (AvgIpc) is 0.772. The zero-order valence-corrected chi connectivity index (χ0v) is 76.0. The molecule has 0 aliphatic heterocycles. The molecule has 22 aromatic carbocycles. The summed E-state index contributed by atoms with van der Waals surface area (Å²) in [6, 6.07) is 203. The second kappa shape index (κ2) is 41.1. The molecule has 0 spiro atoms. The molecule has 0 unspecified atom stereocenters. The number of aryl methyl sites for hydroxylation is 2. The van der Waals surface area contributed by atoms with E-state index < -0.39 is 0 Å². The van der Waals surface area contributed by atoms with Crippen LogP contribution in [0.25, 0.3) is 77.2 Å². The fourth-order valence-electron chi connectivity index (χ4n) is 18.2. The number of nitrogens with zero attached hydrogens (tertiary/aromatic N) is 6. The van der Waals surface area contributed by atoms with Gasteiger partial charge in [-0.2, -0.15) is 0 Å². The molecule has 650 valence electrons. The summed E-state index contributed by atoms with van der Waals surface area (Å²) in [7, 11) is 0. The van der Waals surface area contributed by atoms with E-state index in [9.17, 15) is 0 Å². The molecule has 6 heteroatoms. The van der Waals surface area contributed by atoms with Gasteiger partial charge in [0.05, 0.1) is 11.4 Å². The van der Waals surface area contributed by atoms with Gasteiger partial charge in [0.2, 0.25) is 0 Å². The second-order valence-electron chi connectivity index (χ2n) is 33.7. The lowest BCUT2D eigenvalue weighted by atomic mass is 10.0. The van der Waals surface area contributed by atoms with Gasteiger partial charge in [-0.3, -0.25) is 0 Å². The van der Waals surface area contributed by atoms with Gasteiger partial charge >= 0.3 is 0 Å². The van der Waals surface area contributed by atoms with E-state index in [0.717, 1.165) is 91.0 Å². The summed E-state index contributed by atoms with van der Waals surface area (Å²) >= 11 is 0.